The Kier molecular flexibility index (Phi) is 2.93. The predicted molar refractivity (Wildman–Crippen MR) is 62.6 cm³/mol. The Bertz CT molecular complexity index is 569. The first kappa shape index (κ1) is 11.7. The van der Waals surface area contributed by atoms with Gasteiger partial charge in [0.05, 0.1) is 17.7 Å². The molecule has 4 nitrogen and oxygen atoms in total. The maximum atomic E-state index is 13.6. The molecule has 0 amide bonds. The summed E-state index contributed by atoms with van der Waals surface area (Å²) in [5.41, 5.74) is 6.29. The van der Waals surface area contributed by atoms with E-state index in [0.29, 0.717) is 22.6 Å². The number of hydrogen-bond donors (Lipinski definition) is 1. The second-order valence-electron chi connectivity index (χ2n) is 3.49. The van der Waals surface area contributed by atoms with Crippen LogP contribution in [0.15, 0.2) is 16.7 Å². The molecule has 0 bridgehead atoms. The maximum Gasteiger partial charge on any atom is 0.172 e. The fourth-order valence-corrected chi connectivity index (χ4v) is 1.85. The van der Waals surface area contributed by atoms with Gasteiger partial charge in [-0.2, -0.15) is 0 Å². The summed E-state index contributed by atoms with van der Waals surface area (Å²) in [7, 11) is 1.44. The average molecular weight is 257 g/mol. The molecule has 0 fully saturated rings. The molecule has 0 radical (unpaired) electrons. The van der Waals surface area contributed by atoms with Crippen molar-refractivity contribution < 1.29 is 13.7 Å². The zero-order chi connectivity index (χ0) is 12.6. The average Bonchev–Trinajstić information content (AvgIpc) is 2.72. The molecule has 1 heterocycles. The minimum Gasteiger partial charge on any atom is -0.496 e. The Balaban J connectivity index is 2.69. The van der Waals surface area contributed by atoms with E-state index >= 15 is 0 Å². The number of anilines is 1. The standard InChI is InChI=1S/C11H10ClFN2O2/c1-5-10(13)7(12)3-6(11(5)16-2)8-4-9(14)15-17-8/h3-4H,1-2H3,(H2,14,15). The minimum absolute atomic E-state index is 0.00623. The third-order valence-electron chi connectivity index (χ3n) is 2.39. The quantitative estimate of drug-likeness (QED) is 0.897. The molecule has 0 saturated heterocycles. The van der Waals surface area contributed by atoms with E-state index in [0.717, 1.165) is 0 Å². The van der Waals surface area contributed by atoms with Crippen molar-refractivity contribution in [1.82, 2.24) is 5.16 Å². The number of methoxy groups -OCH3 is 1. The van der Waals surface area contributed by atoms with Crippen LogP contribution in [0.2, 0.25) is 5.02 Å². The fraction of sp³-hybridized carbons (Fsp3) is 0.182. The highest BCUT2D eigenvalue weighted by Gasteiger charge is 2.18. The highest BCUT2D eigenvalue weighted by atomic mass is 35.5. The van der Waals surface area contributed by atoms with E-state index in [1.807, 2.05) is 0 Å². The molecule has 2 N–H and O–H groups in total. The second kappa shape index (κ2) is 4.25. The summed E-state index contributed by atoms with van der Waals surface area (Å²) in [5, 5.41) is 3.55. The van der Waals surface area contributed by atoms with Crippen molar-refractivity contribution in [2.24, 2.45) is 0 Å². The number of benzene rings is 1. The van der Waals surface area contributed by atoms with Crippen LogP contribution in [-0.4, -0.2) is 12.3 Å². The van der Waals surface area contributed by atoms with Crippen molar-refractivity contribution in [2.45, 2.75) is 6.92 Å². The molecule has 90 valence electrons. The molecule has 0 aliphatic rings. The Morgan fingerprint density at radius 2 is 2.18 bits per heavy atom. The smallest absolute Gasteiger partial charge is 0.172 e. The highest BCUT2D eigenvalue weighted by Crippen LogP contribution is 2.38. The first-order chi connectivity index (χ1) is 8.04. The predicted octanol–water partition coefficient (Wildman–Crippen LogP) is 3.03. The monoisotopic (exact) mass is 256 g/mol. The molecule has 1 aromatic heterocycles. The van der Waals surface area contributed by atoms with Gasteiger partial charge in [-0.1, -0.05) is 16.8 Å². The number of nitrogens with zero attached hydrogens (tertiary/aromatic N) is 1. The van der Waals surface area contributed by atoms with Gasteiger partial charge in [0.1, 0.15) is 11.6 Å². The largest absolute Gasteiger partial charge is 0.496 e. The van der Waals surface area contributed by atoms with E-state index in [4.69, 9.17) is 26.6 Å². The molecular formula is C11H10ClFN2O2. The molecule has 0 aliphatic carbocycles. The van der Waals surface area contributed by atoms with Gasteiger partial charge in [0, 0.05) is 11.6 Å². The molecule has 0 spiro atoms. The van der Waals surface area contributed by atoms with Gasteiger partial charge < -0.3 is 15.0 Å². The lowest BCUT2D eigenvalue weighted by molar-refractivity contribution is 0.401. The van der Waals surface area contributed by atoms with Crippen LogP contribution in [0.5, 0.6) is 5.75 Å². The van der Waals surface area contributed by atoms with Crippen molar-refractivity contribution in [3.8, 4) is 17.1 Å². The molecule has 0 atom stereocenters. The summed E-state index contributed by atoms with van der Waals surface area (Å²) >= 11 is 5.78. The number of nitrogens with two attached hydrogens (primary N) is 1. The number of halogens is 2. The zero-order valence-corrected chi connectivity index (χ0v) is 10.0. The number of rotatable bonds is 2. The van der Waals surface area contributed by atoms with Crippen LogP contribution in [0.4, 0.5) is 10.2 Å². The SMILES string of the molecule is COc1c(-c2cc(N)no2)cc(Cl)c(F)c1C. The van der Waals surface area contributed by atoms with Crippen LogP contribution in [0.1, 0.15) is 5.56 Å². The van der Waals surface area contributed by atoms with Crippen LogP contribution < -0.4 is 10.5 Å². The number of hydrogen-bond acceptors (Lipinski definition) is 4. The Morgan fingerprint density at radius 1 is 1.47 bits per heavy atom. The summed E-state index contributed by atoms with van der Waals surface area (Å²) in [6, 6.07) is 2.94. The Morgan fingerprint density at radius 3 is 2.71 bits per heavy atom. The van der Waals surface area contributed by atoms with E-state index in [9.17, 15) is 4.39 Å². The van der Waals surface area contributed by atoms with E-state index in [-0.39, 0.29) is 10.8 Å². The van der Waals surface area contributed by atoms with Crippen molar-refractivity contribution >= 4 is 17.4 Å². The van der Waals surface area contributed by atoms with Gasteiger partial charge in [0.2, 0.25) is 0 Å². The molecular weight excluding hydrogens is 247 g/mol. The zero-order valence-electron chi connectivity index (χ0n) is 9.25. The minimum atomic E-state index is -0.514. The summed E-state index contributed by atoms with van der Waals surface area (Å²) in [5.74, 6) is 0.451. The van der Waals surface area contributed by atoms with E-state index < -0.39 is 5.82 Å². The third kappa shape index (κ3) is 1.93. The Hall–Kier alpha value is -1.75. The lowest BCUT2D eigenvalue weighted by atomic mass is 10.1. The number of ether oxygens (including phenoxy) is 1. The molecule has 6 heteroatoms. The van der Waals surface area contributed by atoms with Gasteiger partial charge in [0.25, 0.3) is 0 Å². The number of nitrogen functional groups attached to an aromatic ring is 1. The molecule has 17 heavy (non-hydrogen) atoms. The first-order valence-electron chi connectivity index (χ1n) is 4.79. The van der Waals surface area contributed by atoms with Gasteiger partial charge in [-0.15, -0.1) is 0 Å². The fourth-order valence-electron chi connectivity index (χ4n) is 1.60. The summed E-state index contributed by atoms with van der Waals surface area (Å²) < 4.78 is 23.8. The van der Waals surface area contributed by atoms with Gasteiger partial charge in [-0.05, 0) is 13.0 Å². The van der Waals surface area contributed by atoms with Gasteiger partial charge >= 0.3 is 0 Å². The summed E-state index contributed by atoms with van der Waals surface area (Å²) in [6.45, 7) is 1.57. The molecule has 2 aromatic rings. The summed E-state index contributed by atoms with van der Waals surface area (Å²) in [6.07, 6.45) is 0. The van der Waals surface area contributed by atoms with Crippen molar-refractivity contribution in [2.75, 3.05) is 12.8 Å². The number of aromatic nitrogens is 1. The first-order valence-corrected chi connectivity index (χ1v) is 5.17. The third-order valence-corrected chi connectivity index (χ3v) is 2.67. The van der Waals surface area contributed by atoms with Crippen LogP contribution in [-0.2, 0) is 0 Å². The van der Waals surface area contributed by atoms with Crippen LogP contribution in [0, 0.1) is 12.7 Å². The van der Waals surface area contributed by atoms with Crippen molar-refractivity contribution in [3.63, 3.8) is 0 Å². The van der Waals surface area contributed by atoms with Gasteiger partial charge in [-0.3, -0.25) is 0 Å². The van der Waals surface area contributed by atoms with Crippen LogP contribution in [0.25, 0.3) is 11.3 Å². The molecule has 2 rings (SSSR count). The van der Waals surface area contributed by atoms with Crippen LogP contribution >= 0.6 is 11.6 Å². The van der Waals surface area contributed by atoms with Crippen molar-refractivity contribution in [1.29, 1.82) is 0 Å². The van der Waals surface area contributed by atoms with Crippen molar-refractivity contribution in [3.05, 3.63) is 28.5 Å². The maximum absolute atomic E-state index is 13.6. The second-order valence-corrected chi connectivity index (χ2v) is 3.90. The van der Waals surface area contributed by atoms with E-state index in [2.05, 4.69) is 5.16 Å². The van der Waals surface area contributed by atoms with E-state index in [1.165, 1.54) is 19.2 Å². The normalized spacial score (nSPS) is 10.6. The highest BCUT2D eigenvalue weighted by molar-refractivity contribution is 6.31. The van der Waals surface area contributed by atoms with Gasteiger partial charge in [-0.25, -0.2) is 4.39 Å². The topological polar surface area (TPSA) is 61.3 Å². The summed E-state index contributed by atoms with van der Waals surface area (Å²) in [4.78, 5) is 0. The lowest BCUT2D eigenvalue weighted by Crippen LogP contribution is -1.95. The van der Waals surface area contributed by atoms with E-state index in [1.54, 1.807) is 6.92 Å². The molecule has 0 aliphatic heterocycles. The molecule has 1 aromatic carbocycles. The molecule has 0 saturated carbocycles. The Labute approximate surface area is 102 Å². The van der Waals surface area contributed by atoms with Crippen LogP contribution in [0.3, 0.4) is 0 Å². The lowest BCUT2D eigenvalue weighted by Gasteiger charge is -2.11. The molecule has 0 unspecified atom stereocenters. The van der Waals surface area contributed by atoms with Gasteiger partial charge in [0.15, 0.2) is 11.6 Å².